The molecule has 0 bridgehead atoms. The van der Waals surface area contributed by atoms with Gasteiger partial charge in [0.2, 0.25) is 11.1 Å². The van der Waals surface area contributed by atoms with Crippen molar-refractivity contribution >= 4 is 17.7 Å². The van der Waals surface area contributed by atoms with Crippen LogP contribution in [0.2, 0.25) is 0 Å². The van der Waals surface area contributed by atoms with E-state index in [1.54, 1.807) is 0 Å². The fraction of sp³-hybridized carbons (Fsp3) is 0.286. The summed E-state index contributed by atoms with van der Waals surface area (Å²) in [5.41, 5.74) is 3.13. The van der Waals surface area contributed by atoms with E-state index in [1.807, 2.05) is 73.3 Å². The van der Waals surface area contributed by atoms with Crippen molar-refractivity contribution in [2.45, 2.75) is 31.2 Å². The molecule has 1 N–H and O–H groups in total. The van der Waals surface area contributed by atoms with Crippen LogP contribution in [0.4, 0.5) is 0 Å². The zero-order valence-corrected chi connectivity index (χ0v) is 16.7. The summed E-state index contributed by atoms with van der Waals surface area (Å²) < 4.78 is 0. The molecule has 0 radical (unpaired) electrons. The molecule has 3 aromatic rings. The molecule has 1 unspecified atom stereocenters. The maximum Gasteiger partial charge on any atom is 0.240 e. The molecule has 0 aliphatic heterocycles. The number of hydrogen-bond acceptors (Lipinski definition) is 4. The van der Waals surface area contributed by atoms with Crippen molar-refractivity contribution in [3.63, 3.8) is 0 Å². The second-order valence-electron chi connectivity index (χ2n) is 6.25. The Hall–Kier alpha value is -2.60. The summed E-state index contributed by atoms with van der Waals surface area (Å²) in [7, 11) is 0. The minimum Gasteiger partial charge on any atom is -0.342 e. The number of hydrogen-bond donors (Lipinski definition) is 1. The van der Waals surface area contributed by atoms with Gasteiger partial charge in [0.25, 0.3) is 0 Å². The van der Waals surface area contributed by atoms with Crippen molar-refractivity contribution in [2.75, 3.05) is 13.1 Å². The van der Waals surface area contributed by atoms with E-state index in [-0.39, 0.29) is 11.2 Å². The van der Waals surface area contributed by atoms with E-state index >= 15 is 0 Å². The third-order valence-corrected chi connectivity index (χ3v) is 5.52. The van der Waals surface area contributed by atoms with Crippen LogP contribution in [-0.2, 0) is 4.79 Å². The van der Waals surface area contributed by atoms with Crippen LogP contribution in [0.5, 0.6) is 0 Å². The highest BCUT2D eigenvalue weighted by molar-refractivity contribution is 8.00. The Morgan fingerprint density at radius 1 is 1.07 bits per heavy atom. The van der Waals surface area contributed by atoms with Crippen LogP contribution in [0.25, 0.3) is 11.4 Å². The van der Waals surface area contributed by atoms with E-state index in [1.165, 1.54) is 17.3 Å². The zero-order chi connectivity index (χ0) is 19.2. The maximum atomic E-state index is 13.1. The van der Waals surface area contributed by atoms with Crippen molar-refractivity contribution in [3.8, 4) is 11.4 Å². The number of carbonyl (C=O) groups excluding carboxylic acids is 1. The van der Waals surface area contributed by atoms with E-state index in [4.69, 9.17) is 0 Å². The molecular formula is C21H24N4OS. The predicted molar refractivity (Wildman–Crippen MR) is 110 cm³/mol. The van der Waals surface area contributed by atoms with E-state index in [0.717, 1.165) is 11.1 Å². The van der Waals surface area contributed by atoms with Crippen molar-refractivity contribution in [2.24, 2.45) is 0 Å². The van der Waals surface area contributed by atoms with Crippen molar-refractivity contribution in [1.82, 2.24) is 20.1 Å². The minimum atomic E-state index is -0.368. The Kier molecular flexibility index (Phi) is 6.29. The summed E-state index contributed by atoms with van der Waals surface area (Å²) in [4.78, 5) is 19.5. The lowest BCUT2D eigenvalue weighted by Crippen LogP contribution is -2.33. The third-order valence-electron chi connectivity index (χ3n) is 4.41. The monoisotopic (exact) mass is 380 g/mol. The number of H-pyrrole nitrogens is 1. The van der Waals surface area contributed by atoms with Gasteiger partial charge in [0.05, 0.1) is 0 Å². The Bertz CT molecular complexity index is 873. The van der Waals surface area contributed by atoms with Crippen molar-refractivity contribution < 1.29 is 4.79 Å². The summed E-state index contributed by atoms with van der Waals surface area (Å²) in [5, 5.41) is 7.52. The first-order chi connectivity index (χ1) is 13.1. The largest absolute Gasteiger partial charge is 0.342 e. The number of nitrogens with one attached hydrogen (secondary N) is 1. The molecule has 27 heavy (non-hydrogen) atoms. The molecule has 1 atom stereocenters. The molecule has 0 saturated heterocycles. The fourth-order valence-electron chi connectivity index (χ4n) is 2.84. The van der Waals surface area contributed by atoms with Gasteiger partial charge in [0, 0.05) is 18.7 Å². The van der Waals surface area contributed by atoms with Gasteiger partial charge in [-0.1, -0.05) is 71.9 Å². The van der Waals surface area contributed by atoms with Crippen LogP contribution >= 0.6 is 11.8 Å². The first-order valence-corrected chi connectivity index (χ1v) is 10.00. The van der Waals surface area contributed by atoms with Crippen LogP contribution in [0.15, 0.2) is 59.8 Å². The summed E-state index contributed by atoms with van der Waals surface area (Å²) in [6, 6.07) is 17.9. The van der Waals surface area contributed by atoms with Gasteiger partial charge in [-0.2, -0.15) is 0 Å². The SMILES string of the molecule is CCN(CC)C(=O)C(Sc1n[nH]c(-c2ccc(C)cc2)n1)c1ccccc1. The molecule has 2 aromatic carbocycles. The number of nitrogens with zero attached hydrogens (tertiary/aromatic N) is 3. The van der Waals surface area contributed by atoms with Gasteiger partial charge in [-0.25, -0.2) is 4.98 Å². The molecule has 3 rings (SSSR count). The van der Waals surface area contributed by atoms with Crippen molar-refractivity contribution in [1.29, 1.82) is 0 Å². The first kappa shape index (κ1) is 19.2. The Labute approximate surface area is 164 Å². The maximum absolute atomic E-state index is 13.1. The fourth-order valence-corrected chi connectivity index (χ4v) is 3.83. The van der Waals surface area contributed by atoms with Crippen LogP contribution in [0.1, 0.15) is 30.2 Å². The number of aromatic amines is 1. The van der Waals surface area contributed by atoms with Gasteiger partial charge in [-0.15, -0.1) is 5.10 Å². The molecule has 0 spiro atoms. The molecule has 1 amide bonds. The summed E-state index contributed by atoms with van der Waals surface area (Å²) >= 11 is 1.38. The average molecular weight is 381 g/mol. The van der Waals surface area contributed by atoms with E-state index < -0.39 is 0 Å². The summed E-state index contributed by atoms with van der Waals surface area (Å²) in [6.07, 6.45) is 0. The molecule has 0 fully saturated rings. The molecule has 5 nitrogen and oxygen atoms in total. The molecule has 6 heteroatoms. The molecule has 1 heterocycles. The summed E-state index contributed by atoms with van der Waals surface area (Å²) in [6.45, 7) is 7.41. The topological polar surface area (TPSA) is 61.9 Å². The van der Waals surface area contributed by atoms with Gasteiger partial charge < -0.3 is 4.90 Å². The lowest BCUT2D eigenvalue weighted by atomic mass is 10.1. The second kappa shape index (κ2) is 8.86. The van der Waals surface area contributed by atoms with Gasteiger partial charge in [0.1, 0.15) is 5.25 Å². The highest BCUT2D eigenvalue weighted by Crippen LogP contribution is 2.35. The van der Waals surface area contributed by atoms with Crippen LogP contribution < -0.4 is 0 Å². The molecule has 0 aliphatic carbocycles. The second-order valence-corrected chi connectivity index (χ2v) is 7.32. The number of likely N-dealkylation sites (N-methyl/N-ethyl adjacent to an activating group) is 1. The van der Waals surface area contributed by atoms with Gasteiger partial charge in [0.15, 0.2) is 5.82 Å². The summed E-state index contributed by atoms with van der Waals surface area (Å²) in [5.74, 6) is 0.789. The van der Waals surface area contributed by atoms with Gasteiger partial charge in [-0.05, 0) is 26.3 Å². The van der Waals surface area contributed by atoms with E-state index in [2.05, 4.69) is 22.1 Å². The van der Waals surface area contributed by atoms with E-state index in [0.29, 0.717) is 24.1 Å². The number of amides is 1. The normalized spacial score (nSPS) is 12.0. The number of benzene rings is 2. The molecule has 0 saturated carbocycles. The Balaban J connectivity index is 1.86. The number of aromatic nitrogens is 3. The quantitative estimate of drug-likeness (QED) is 0.614. The smallest absolute Gasteiger partial charge is 0.240 e. The molecule has 1 aromatic heterocycles. The number of thioether (sulfide) groups is 1. The average Bonchev–Trinajstić information content (AvgIpc) is 3.17. The van der Waals surface area contributed by atoms with Crippen LogP contribution in [-0.4, -0.2) is 39.1 Å². The highest BCUT2D eigenvalue weighted by atomic mass is 32.2. The standard InChI is InChI=1S/C21H24N4OS/c1-4-25(5-2)20(26)18(16-9-7-6-8-10-16)27-21-22-19(23-24-21)17-13-11-15(3)12-14-17/h6-14,18H,4-5H2,1-3H3,(H,22,23,24). The van der Waals surface area contributed by atoms with Gasteiger partial charge >= 0.3 is 0 Å². The zero-order valence-electron chi connectivity index (χ0n) is 15.8. The molecular weight excluding hydrogens is 356 g/mol. The Morgan fingerprint density at radius 3 is 2.37 bits per heavy atom. The molecule has 140 valence electrons. The lowest BCUT2D eigenvalue weighted by molar-refractivity contribution is -0.130. The molecule has 0 aliphatic rings. The highest BCUT2D eigenvalue weighted by Gasteiger charge is 2.27. The first-order valence-electron chi connectivity index (χ1n) is 9.12. The van der Waals surface area contributed by atoms with E-state index in [9.17, 15) is 4.79 Å². The van der Waals surface area contributed by atoms with Crippen LogP contribution in [0, 0.1) is 6.92 Å². The predicted octanol–water partition coefficient (Wildman–Crippen LogP) is 4.48. The van der Waals surface area contributed by atoms with Crippen LogP contribution in [0.3, 0.4) is 0 Å². The Morgan fingerprint density at radius 2 is 1.74 bits per heavy atom. The minimum absolute atomic E-state index is 0.0814. The third kappa shape index (κ3) is 4.57. The lowest BCUT2D eigenvalue weighted by Gasteiger charge is -2.24. The van der Waals surface area contributed by atoms with Gasteiger partial charge in [-0.3, -0.25) is 9.89 Å². The van der Waals surface area contributed by atoms with Crippen molar-refractivity contribution in [3.05, 3.63) is 65.7 Å². The number of aryl methyl sites for hydroxylation is 1. The number of carbonyl (C=O) groups is 1. The number of rotatable bonds is 7.